The van der Waals surface area contributed by atoms with E-state index in [-0.39, 0.29) is 18.7 Å². The highest BCUT2D eigenvalue weighted by molar-refractivity contribution is 5.97. The first-order valence-corrected chi connectivity index (χ1v) is 7.58. The second-order valence-electron chi connectivity index (χ2n) is 5.10. The molecule has 1 heterocycles. The van der Waals surface area contributed by atoms with Gasteiger partial charge in [0, 0.05) is 11.6 Å². The highest BCUT2D eigenvalue weighted by Crippen LogP contribution is 2.22. The summed E-state index contributed by atoms with van der Waals surface area (Å²) in [5, 5.41) is 2.36. The second kappa shape index (κ2) is 8.70. The van der Waals surface area contributed by atoms with Crippen LogP contribution >= 0.6 is 0 Å². The summed E-state index contributed by atoms with van der Waals surface area (Å²) in [4.78, 5) is 47.5. The lowest BCUT2D eigenvalue weighted by Crippen LogP contribution is -2.37. The van der Waals surface area contributed by atoms with Crippen LogP contribution < -0.4 is 14.8 Å². The van der Waals surface area contributed by atoms with Gasteiger partial charge in [-0.05, 0) is 12.1 Å². The molecule has 1 aliphatic heterocycles. The summed E-state index contributed by atoms with van der Waals surface area (Å²) in [5.74, 6) is -1.23. The standard InChI is InChI=1S/C16H18N2O8/c1-23-11-5-10(6-12(7-11)24-2)15(21)17-8-14(20)26-9-13(19)18-3-4-25-16(18)22/h5-7H,3-4,8-9H2,1-2H3,(H,17,21). The number of methoxy groups -OCH3 is 2. The van der Waals surface area contributed by atoms with Crippen molar-refractivity contribution in [2.45, 2.75) is 0 Å². The highest BCUT2D eigenvalue weighted by Gasteiger charge is 2.28. The van der Waals surface area contributed by atoms with Crippen LogP contribution in [0.3, 0.4) is 0 Å². The molecule has 0 aliphatic carbocycles. The van der Waals surface area contributed by atoms with Crippen molar-refractivity contribution in [3.05, 3.63) is 23.8 Å². The molecule has 10 nitrogen and oxygen atoms in total. The average molecular weight is 366 g/mol. The number of nitrogens with one attached hydrogen (secondary N) is 1. The Kier molecular flexibility index (Phi) is 6.36. The minimum absolute atomic E-state index is 0.110. The third-order valence-electron chi connectivity index (χ3n) is 3.43. The number of rotatable bonds is 7. The van der Waals surface area contributed by atoms with E-state index in [4.69, 9.17) is 14.2 Å². The van der Waals surface area contributed by atoms with Gasteiger partial charge in [-0.3, -0.25) is 14.4 Å². The first kappa shape index (κ1) is 19.0. The van der Waals surface area contributed by atoms with Crippen molar-refractivity contribution in [1.82, 2.24) is 10.2 Å². The number of esters is 1. The van der Waals surface area contributed by atoms with E-state index in [1.54, 1.807) is 6.07 Å². The summed E-state index contributed by atoms with van der Waals surface area (Å²) in [6.45, 7) is -0.838. The molecule has 140 valence electrons. The lowest BCUT2D eigenvalue weighted by atomic mass is 10.2. The zero-order chi connectivity index (χ0) is 19.1. The summed E-state index contributed by atoms with van der Waals surface area (Å²) >= 11 is 0. The lowest BCUT2D eigenvalue weighted by Gasteiger charge is -2.11. The molecule has 0 aromatic heterocycles. The number of nitrogens with zero attached hydrogens (tertiary/aromatic N) is 1. The number of carbonyl (C=O) groups is 4. The van der Waals surface area contributed by atoms with Gasteiger partial charge >= 0.3 is 12.1 Å². The molecule has 1 saturated heterocycles. The largest absolute Gasteiger partial charge is 0.497 e. The smallest absolute Gasteiger partial charge is 0.416 e. The van der Waals surface area contributed by atoms with Gasteiger partial charge in [-0.1, -0.05) is 0 Å². The summed E-state index contributed by atoms with van der Waals surface area (Å²) in [6.07, 6.45) is -0.772. The molecule has 1 aromatic carbocycles. The molecular weight excluding hydrogens is 348 g/mol. The van der Waals surface area contributed by atoms with Crippen molar-refractivity contribution in [3.63, 3.8) is 0 Å². The minimum Gasteiger partial charge on any atom is -0.497 e. The van der Waals surface area contributed by atoms with Gasteiger partial charge in [-0.2, -0.15) is 0 Å². The number of hydrogen-bond acceptors (Lipinski definition) is 8. The molecule has 0 radical (unpaired) electrons. The zero-order valence-electron chi connectivity index (χ0n) is 14.3. The van der Waals surface area contributed by atoms with Gasteiger partial charge in [0.1, 0.15) is 24.7 Å². The number of imide groups is 1. The molecule has 1 N–H and O–H groups in total. The first-order valence-electron chi connectivity index (χ1n) is 7.58. The van der Waals surface area contributed by atoms with Gasteiger partial charge in [-0.25, -0.2) is 9.69 Å². The van der Waals surface area contributed by atoms with E-state index in [2.05, 4.69) is 10.1 Å². The number of carbonyl (C=O) groups excluding carboxylic acids is 4. The second-order valence-corrected chi connectivity index (χ2v) is 5.10. The van der Waals surface area contributed by atoms with Crippen LogP contribution in [0.4, 0.5) is 4.79 Å². The Bertz CT molecular complexity index is 696. The van der Waals surface area contributed by atoms with E-state index in [0.717, 1.165) is 4.90 Å². The van der Waals surface area contributed by atoms with E-state index < -0.39 is 37.0 Å². The molecule has 0 unspecified atom stereocenters. The number of ether oxygens (including phenoxy) is 4. The number of hydrogen-bond donors (Lipinski definition) is 1. The molecule has 0 spiro atoms. The van der Waals surface area contributed by atoms with Crippen molar-refractivity contribution in [1.29, 1.82) is 0 Å². The average Bonchev–Trinajstić information content (AvgIpc) is 3.09. The van der Waals surface area contributed by atoms with E-state index in [1.165, 1.54) is 26.4 Å². The maximum Gasteiger partial charge on any atom is 0.416 e. The number of amides is 3. The zero-order valence-corrected chi connectivity index (χ0v) is 14.3. The van der Waals surface area contributed by atoms with E-state index >= 15 is 0 Å². The molecule has 0 saturated carbocycles. The number of benzene rings is 1. The molecule has 26 heavy (non-hydrogen) atoms. The molecule has 1 fully saturated rings. The Labute approximate surface area is 148 Å². The van der Waals surface area contributed by atoms with E-state index in [1.807, 2.05) is 0 Å². The lowest BCUT2D eigenvalue weighted by molar-refractivity contribution is -0.149. The molecule has 0 atom stereocenters. The van der Waals surface area contributed by atoms with Crippen molar-refractivity contribution >= 4 is 23.9 Å². The Morgan fingerprint density at radius 2 is 1.81 bits per heavy atom. The number of cyclic esters (lactones) is 1. The van der Waals surface area contributed by atoms with Crippen molar-refractivity contribution in [3.8, 4) is 11.5 Å². The quantitative estimate of drug-likeness (QED) is 0.667. The van der Waals surface area contributed by atoms with E-state index in [9.17, 15) is 19.2 Å². The highest BCUT2D eigenvalue weighted by atomic mass is 16.6. The monoisotopic (exact) mass is 366 g/mol. The van der Waals surface area contributed by atoms with Gasteiger partial charge in [0.25, 0.3) is 11.8 Å². The van der Waals surface area contributed by atoms with Gasteiger partial charge < -0.3 is 24.3 Å². The molecule has 0 bridgehead atoms. The van der Waals surface area contributed by atoms with Crippen LogP contribution in [0, 0.1) is 0 Å². The fraction of sp³-hybridized carbons (Fsp3) is 0.375. The van der Waals surface area contributed by atoms with Crippen LogP contribution in [-0.4, -0.2) is 69.3 Å². The maximum atomic E-state index is 12.1. The van der Waals surface area contributed by atoms with E-state index in [0.29, 0.717) is 11.5 Å². The van der Waals surface area contributed by atoms with Crippen LogP contribution in [0.2, 0.25) is 0 Å². The van der Waals surface area contributed by atoms with Gasteiger partial charge in [0.05, 0.1) is 20.8 Å². The Balaban J connectivity index is 1.82. The Morgan fingerprint density at radius 3 is 2.35 bits per heavy atom. The fourth-order valence-corrected chi connectivity index (χ4v) is 2.08. The van der Waals surface area contributed by atoms with Crippen LogP contribution in [-0.2, 0) is 19.1 Å². The van der Waals surface area contributed by atoms with Crippen LogP contribution in [0.25, 0.3) is 0 Å². The van der Waals surface area contributed by atoms with Crippen LogP contribution in [0.1, 0.15) is 10.4 Å². The van der Waals surface area contributed by atoms with Crippen molar-refractivity contribution in [2.24, 2.45) is 0 Å². The maximum absolute atomic E-state index is 12.1. The summed E-state index contributed by atoms with van der Waals surface area (Å²) in [5.41, 5.74) is 0.227. The molecule has 1 aromatic rings. The molecule has 3 amide bonds. The van der Waals surface area contributed by atoms with Gasteiger partial charge in [-0.15, -0.1) is 0 Å². The third-order valence-corrected chi connectivity index (χ3v) is 3.43. The predicted octanol–water partition coefficient (Wildman–Crippen LogP) is -0.0444. The summed E-state index contributed by atoms with van der Waals surface area (Å²) in [6, 6.07) is 4.55. The first-order chi connectivity index (χ1) is 12.4. The molecular formula is C16H18N2O8. The Morgan fingerprint density at radius 1 is 1.15 bits per heavy atom. The van der Waals surface area contributed by atoms with Crippen molar-refractivity contribution in [2.75, 3.05) is 40.5 Å². The summed E-state index contributed by atoms with van der Waals surface area (Å²) in [7, 11) is 2.89. The van der Waals surface area contributed by atoms with Crippen LogP contribution in [0.5, 0.6) is 11.5 Å². The molecule has 1 aliphatic rings. The van der Waals surface area contributed by atoms with Gasteiger partial charge in [0.15, 0.2) is 6.61 Å². The minimum atomic E-state index is -0.825. The van der Waals surface area contributed by atoms with Crippen LogP contribution in [0.15, 0.2) is 18.2 Å². The SMILES string of the molecule is COc1cc(OC)cc(C(=O)NCC(=O)OCC(=O)N2CCOC2=O)c1. The molecule has 2 rings (SSSR count). The topological polar surface area (TPSA) is 120 Å². The normalized spacial score (nSPS) is 13.0. The molecule has 10 heteroatoms. The summed E-state index contributed by atoms with van der Waals surface area (Å²) < 4.78 is 19.5. The Hall–Kier alpha value is -3.30. The van der Waals surface area contributed by atoms with Crippen molar-refractivity contribution < 1.29 is 38.1 Å². The predicted molar refractivity (Wildman–Crippen MR) is 85.9 cm³/mol. The van der Waals surface area contributed by atoms with Gasteiger partial charge in [0.2, 0.25) is 0 Å². The third kappa shape index (κ3) is 4.85. The fourth-order valence-electron chi connectivity index (χ4n) is 2.08.